The van der Waals surface area contributed by atoms with E-state index >= 15 is 0 Å². The molecular formula is C10H11N3O2. The summed E-state index contributed by atoms with van der Waals surface area (Å²) in [5.74, 6) is -0.347. The largest absolute Gasteiger partial charge is 0.462 e. The molecular weight excluding hydrogens is 194 g/mol. The van der Waals surface area contributed by atoms with Crippen LogP contribution in [0, 0.1) is 0 Å². The number of ether oxygens (including phenoxy) is 1. The van der Waals surface area contributed by atoms with Gasteiger partial charge < -0.3 is 10.5 Å². The Morgan fingerprint density at radius 3 is 3.20 bits per heavy atom. The van der Waals surface area contributed by atoms with Crippen LogP contribution in [0.3, 0.4) is 0 Å². The van der Waals surface area contributed by atoms with E-state index in [9.17, 15) is 4.79 Å². The Bertz CT molecular complexity index is 504. The highest BCUT2D eigenvalue weighted by molar-refractivity contribution is 5.91. The van der Waals surface area contributed by atoms with Crippen molar-refractivity contribution in [2.24, 2.45) is 0 Å². The molecule has 2 rings (SSSR count). The summed E-state index contributed by atoms with van der Waals surface area (Å²) < 4.78 is 6.49. The third-order valence-electron chi connectivity index (χ3n) is 2.06. The van der Waals surface area contributed by atoms with Gasteiger partial charge in [0.05, 0.1) is 29.6 Å². The molecule has 2 heterocycles. The molecule has 0 atom stereocenters. The third-order valence-corrected chi connectivity index (χ3v) is 2.06. The highest BCUT2D eigenvalue weighted by Gasteiger charge is 2.08. The summed E-state index contributed by atoms with van der Waals surface area (Å²) in [7, 11) is 0. The van der Waals surface area contributed by atoms with Crippen molar-refractivity contribution in [3.05, 3.63) is 30.1 Å². The average Bonchev–Trinajstić information content (AvgIpc) is 2.60. The second-order valence-electron chi connectivity index (χ2n) is 3.07. The molecule has 2 aromatic heterocycles. The number of nitrogens with two attached hydrogens (primary N) is 1. The van der Waals surface area contributed by atoms with E-state index in [0.717, 1.165) is 0 Å². The second kappa shape index (κ2) is 3.61. The maximum atomic E-state index is 11.4. The van der Waals surface area contributed by atoms with Gasteiger partial charge >= 0.3 is 5.97 Å². The monoisotopic (exact) mass is 205 g/mol. The zero-order chi connectivity index (χ0) is 10.8. The molecule has 0 aliphatic carbocycles. The minimum atomic E-state index is -0.347. The molecule has 2 N–H and O–H groups in total. The van der Waals surface area contributed by atoms with Gasteiger partial charge in [0.2, 0.25) is 0 Å². The molecule has 0 saturated carbocycles. The van der Waals surface area contributed by atoms with E-state index in [4.69, 9.17) is 10.5 Å². The van der Waals surface area contributed by atoms with Crippen molar-refractivity contribution in [2.45, 2.75) is 6.92 Å². The zero-order valence-corrected chi connectivity index (χ0v) is 8.30. The molecule has 0 radical (unpaired) electrons. The first kappa shape index (κ1) is 9.51. The van der Waals surface area contributed by atoms with Gasteiger partial charge in [-0.15, -0.1) is 0 Å². The predicted molar refractivity (Wildman–Crippen MR) is 55.6 cm³/mol. The normalized spacial score (nSPS) is 10.5. The molecule has 0 saturated heterocycles. The first-order chi connectivity index (χ1) is 7.22. The fourth-order valence-corrected chi connectivity index (χ4v) is 1.34. The van der Waals surface area contributed by atoms with Crippen molar-refractivity contribution in [1.82, 2.24) is 9.61 Å². The number of fused-ring (bicyclic) bond motifs is 1. The number of nitrogens with zero attached hydrogens (tertiary/aromatic N) is 2. The zero-order valence-electron chi connectivity index (χ0n) is 8.30. The molecule has 5 heteroatoms. The molecule has 0 fully saturated rings. The van der Waals surface area contributed by atoms with Crippen molar-refractivity contribution < 1.29 is 9.53 Å². The van der Waals surface area contributed by atoms with Gasteiger partial charge in [-0.25, -0.2) is 9.31 Å². The van der Waals surface area contributed by atoms with Gasteiger partial charge in [-0.3, -0.25) is 0 Å². The number of nitrogen functional groups attached to an aromatic ring is 1. The van der Waals surface area contributed by atoms with E-state index in [0.29, 0.717) is 23.4 Å². The Balaban J connectivity index is 2.45. The Morgan fingerprint density at radius 2 is 2.47 bits per heavy atom. The van der Waals surface area contributed by atoms with Crippen LogP contribution < -0.4 is 5.73 Å². The summed E-state index contributed by atoms with van der Waals surface area (Å²) >= 11 is 0. The summed E-state index contributed by atoms with van der Waals surface area (Å²) in [6.45, 7) is 2.13. The molecule has 0 aromatic carbocycles. The molecule has 5 nitrogen and oxygen atoms in total. The van der Waals surface area contributed by atoms with Gasteiger partial charge in [0.1, 0.15) is 0 Å². The van der Waals surface area contributed by atoms with E-state index in [1.54, 1.807) is 36.0 Å². The molecule has 0 aliphatic heterocycles. The number of rotatable bonds is 2. The van der Waals surface area contributed by atoms with E-state index in [1.807, 2.05) is 0 Å². The summed E-state index contributed by atoms with van der Waals surface area (Å²) in [5.41, 5.74) is 7.42. The van der Waals surface area contributed by atoms with Gasteiger partial charge in [-0.2, -0.15) is 5.10 Å². The summed E-state index contributed by atoms with van der Waals surface area (Å²) in [5, 5.41) is 4.00. The lowest BCUT2D eigenvalue weighted by Crippen LogP contribution is -2.05. The number of esters is 1. The number of pyridine rings is 1. The van der Waals surface area contributed by atoms with Crippen molar-refractivity contribution >= 4 is 17.2 Å². The lowest BCUT2D eigenvalue weighted by molar-refractivity contribution is 0.0526. The highest BCUT2D eigenvalue weighted by atomic mass is 16.5. The molecule has 15 heavy (non-hydrogen) atoms. The van der Waals surface area contributed by atoms with Crippen LogP contribution in [0.2, 0.25) is 0 Å². The number of hydrogen-bond acceptors (Lipinski definition) is 4. The number of hydrogen-bond donors (Lipinski definition) is 1. The molecule has 0 spiro atoms. The van der Waals surface area contributed by atoms with E-state index in [-0.39, 0.29) is 5.97 Å². The van der Waals surface area contributed by atoms with Crippen molar-refractivity contribution in [2.75, 3.05) is 12.3 Å². The van der Waals surface area contributed by atoms with Gasteiger partial charge in [-0.05, 0) is 19.1 Å². The number of aromatic nitrogens is 2. The van der Waals surface area contributed by atoms with Gasteiger partial charge in [0.15, 0.2) is 0 Å². The Hall–Kier alpha value is -2.04. The van der Waals surface area contributed by atoms with Crippen LogP contribution >= 0.6 is 0 Å². The van der Waals surface area contributed by atoms with E-state index in [2.05, 4.69) is 5.10 Å². The quantitative estimate of drug-likeness (QED) is 0.745. The maximum absolute atomic E-state index is 11.4. The Labute approximate surface area is 86.4 Å². The fraction of sp³-hybridized carbons (Fsp3) is 0.200. The Kier molecular flexibility index (Phi) is 2.29. The lowest BCUT2D eigenvalue weighted by Gasteiger charge is -2.02. The summed E-state index contributed by atoms with van der Waals surface area (Å²) in [4.78, 5) is 11.4. The maximum Gasteiger partial charge on any atom is 0.338 e. The van der Waals surface area contributed by atoms with Crippen LogP contribution in [0.25, 0.3) is 5.52 Å². The molecule has 0 unspecified atom stereocenters. The molecule has 0 bridgehead atoms. The van der Waals surface area contributed by atoms with Gasteiger partial charge in [0.25, 0.3) is 0 Å². The molecule has 78 valence electrons. The summed E-state index contributed by atoms with van der Waals surface area (Å²) in [6, 6.07) is 3.32. The first-order valence-corrected chi connectivity index (χ1v) is 4.62. The number of anilines is 1. The van der Waals surface area contributed by atoms with E-state index in [1.165, 1.54) is 0 Å². The number of carbonyl (C=O) groups is 1. The topological polar surface area (TPSA) is 69.6 Å². The average molecular weight is 205 g/mol. The van der Waals surface area contributed by atoms with Crippen LogP contribution in [-0.4, -0.2) is 22.2 Å². The van der Waals surface area contributed by atoms with Crippen LogP contribution in [0.15, 0.2) is 24.5 Å². The summed E-state index contributed by atoms with van der Waals surface area (Å²) in [6.07, 6.45) is 3.22. The van der Waals surface area contributed by atoms with Crippen molar-refractivity contribution in [1.29, 1.82) is 0 Å². The molecule has 0 amide bonds. The van der Waals surface area contributed by atoms with Gasteiger partial charge in [-0.1, -0.05) is 0 Å². The lowest BCUT2D eigenvalue weighted by atomic mass is 10.2. The molecule has 0 aliphatic rings. The molecule has 2 aromatic rings. The van der Waals surface area contributed by atoms with Crippen LogP contribution in [0.4, 0.5) is 5.69 Å². The smallest absolute Gasteiger partial charge is 0.338 e. The minimum absolute atomic E-state index is 0.347. The van der Waals surface area contributed by atoms with E-state index < -0.39 is 0 Å². The standard InChI is InChI=1S/C10H11N3O2/c1-2-15-10(14)7-3-4-13-9(5-7)8(11)6-12-13/h3-6H,2,11H2,1H3. The highest BCUT2D eigenvalue weighted by Crippen LogP contribution is 2.14. The Morgan fingerprint density at radius 1 is 1.67 bits per heavy atom. The second-order valence-corrected chi connectivity index (χ2v) is 3.07. The van der Waals surface area contributed by atoms with Crippen LogP contribution in [0.1, 0.15) is 17.3 Å². The van der Waals surface area contributed by atoms with Gasteiger partial charge in [0, 0.05) is 6.20 Å². The first-order valence-electron chi connectivity index (χ1n) is 4.62. The fourth-order valence-electron chi connectivity index (χ4n) is 1.34. The SMILES string of the molecule is CCOC(=O)c1ccn2ncc(N)c2c1. The van der Waals surface area contributed by atoms with Crippen LogP contribution in [-0.2, 0) is 4.74 Å². The number of carbonyl (C=O) groups excluding carboxylic acids is 1. The van der Waals surface area contributed by atoms with Crippen molar-refractivity contribution in [3.8, 4) is 0 Å². The third kappa shape index (κ3) is 1.63. The van der Waals surface area contributed by atoms with Crippen LogP contribution in [0.5, 0.6) is 0 Å². The minimum Gasteiger partial charge on any atom is -0.462 e. The predicted octanol–water partition coefficient (Wildman–Crippen LogP) is 1.09. The van der Waals surface area contributed by atoms with Crippen molar-refractivity contribution in [3.63, 3.8) is 0 Å².